The van der Waals surface area contributed by atoms with Crippen LogP contribution in [-0.4, -0.2) is 63.7 Å². The highest BCUT2D eigenvalue weighted by molar-refractivity contribution is 5.91. The van der Waals surface area contributed by atoms with Crippen LogP contribution in [0.2, 0.25) is 0 Å². The first-order chi connectivity index (χ1) is 19.5. The molecule has 1 fully saturated rings. The molecule has 0 saturated carbocycles. The van der Waals surface area contributed by atoms with Crippen molar-refractivity contribution in [2.75, 3.05) is 36.5 Å². The highest BCUT2D eigenvalue weighted by atomic mass is 19.1. The second-order valence-electron chi connectivity index (χ2n) is 11.3. The van der Waals surface area contributed by atoms with Gasteiger partial charge < -0.3 is 19.4 Å². The smallest absolute Gasteiger partial charge is 0.318 e. The summed E-state index contributed by atoms with van der Waals surface area (Å²) in [7, 11) is 2.15. The van der Waals surface area contributed by atoms with Gasteiger partial charge in [0, 0.05) is 59.8 Å². The second kappa shape index (κ2) is 10.3. The lowest BCUT2D eigenvalue weighted by molar-refractivity contribution is 0.187. The number of rotatable bonds is 5. The Morgan fingerprint density at radius 1 is 1.05 bits per heavy atom. The minimum Gasteiger partial charge on any atom is -0.462 e. The fourth-order valence-electron chi connectivity index (χ4n) is 6.51. The minimum absolute atomic E-state index is 0.145. The molecule has 4 aromatic rings. The standard InChI is InChI=1S/C31H34FN7O/c1-20-14-21-15-33-16-26(32)25(21)17-39(20)30-24-10-13-38(29-9-11-34-27-8-4-3-7-23(27)29)18-28(24)35-31(36-30)40-19-22-6-5-12-37(22)2/h3-4,7-9,11,15-16,20,22H,5-6,10,12-14,17-19H2,1-2H3/t20-,22-/m0/s1. The highest BCUT2D eigenvalue weighted by Gasteiger charge is 2.32. The molecule has 3 aliphatic heterocycles. The Balaban J connectivity index is 1.26. The third-order valence-electron chi connectivity index (χ3n) is 8.81. The van der Waals surface area contributed by atoms with Gasteiger partial charge in [0.25, 0.3) is 0 Å². The zero-order valence-electron chi connectivity index (χ0n) is 23.1. The average molecular weight is 540 g/mol. The van der Waals surface area contributed by atoms with Crippen molar-refractivity contribution < 1.29 is 9.13 Å². The molecule has 0 N–H and O–H groups in total. The van der Waals surface area contributed by atoms with E-state index in [9.17, 15) is 4.39 Å². The molecule has 3 aliphatic rings. The number of aromatic nitrogens is 4. The van der Waals surface area contributed by atoms with E-state index in [-0.39, 0.29) is 11.9 Å². The molecule has 9 heteroatoms. The SMILES string of the molecule is C[C@H]1Cc2cncc(F)c2CN1c1nc(OC[C@@H]2CCCN2C)nc2c1CCN(c1ccnc3ccccc13)C2. The van der Waals surface area contributed by atoms with E-state index < -0.39 is 0 Å². The Morgan fingerprint density at radius 2 is 1.95 bits per heavy atom. The normalized spacial score (nSPS) is 21.0. The Morgan fingerprint density at radius 3 is 2.83 bits per heavy atom. The van der Waals surface area contributed by atoms with E-state index >= 15 is 0 Å². The Kier molecular flexibility index (Phi) is 6.46. The first-order valence-corrected chi connectivity index (χ1v) is 14.2. The molecule has 8 nitrogen and oxygen atoms in total. The number of fused-ring (bicyclic) bond motifs is 3. The number of hydrogen-bond acceptors (Lipinski definition) is 8. The number of likely N-dealkylation sites (N-methyl/N-ethyl adjacent to an activating group) is 1. The molecule has 0 unspecified atom stereocenters. The molecule has 0 spiro atoms. The topological polar surface area (TPSA) is 70.5 Å². The number of hydrogen-bond donors (Lipinski definition) is 0. The number of anilines is 2. The molecule has 6 heterocycles. The lowest BCUT2D eigenvalue weighted by Gasteiger charge is -2.39. The maximum absolute atomic E-state index is 14.8. The average Bonchev–Trinajstić information content (AvgIpc) is 3.39. The summed E-state index contributed by atoms with van der Waals surface area (Å²) in [5.41, 5.74) is 5.92. The van der Waals surface area contributed by atoms with Crippen LogP contribution in [-0.2, 0) is 25.9 Å². The molecule has 1 aromatic carbocycles. The van der Waals surface area contributed by atoms with Gasteiger partial charge in [-0.1, -0.05) is 18.2 Å². The van der Waals surface area contributed by atoms with Gasteiger partial charge in [0.1, 0.15) is 18.2 Å². The summed E-state index contributed by atoms with van der Waals surface area (Å²) >= 11 is 0. The van der Waals surface area contributed by atoms with Gasteiger partial charge in [-0.05, 0) is 63.9 Å². The van der Waals surface area contributed by atoms with E-state index in [4.69, 9.17) is 14.7 Å². The number of nitrogens with zero attached hydrogens (tertiary/aromatic N) is 7. The number of halogens is 1. The third kappa shape index (κ3) is 4.52. The molecule has 40 heavy (non-hydrogen) atoms. The van der Waals surface area contributed by atoms with Gasteiger partial charge in [0.05, 0.1) is 24.0 Å². The van der Waals surface area contributed by atoms with Crippen molar-refractivity contribution in [2.45, 2.75) is 57.8 Å². The molecule has 3 aromatic heterocycles. The van der Waals surface area contributed by atoms with Crippen molar-refractivity contribution in [3.05, 3.63) is 77.1 Å². The monoisotopic (exact) mass is 539 g/mol. The van der Waals surface area contributed by atoms with Gasteiger partial charge in [0.15, 0.2) is 0 Å². The van der Waals surface area contributed by atoms with Crippen LogP contribution in [0.25, 0.3) is 10.9 Å². The first-order valence-electron chi connectivity index (χ1n) is 14.2. The molecule has 0 bridgehead atoms. The van der Waals surface area contributed by atoms with Gasteiger partial charge in [-0.2, -0.15) is 9.97 Å². The molecule has 2 atom stereocenters. The fraction of sp³-hybridized carbons (Fsp3) is 0.419. The fourth-order valence-corrected chi connectivity index (χ4v) is 6.51. The zero-order valence-corrected chi connectivity index (χ0v) is 23.1. The van der Waals surface area contributed by atoms with E-state index in [1.54, 1.807) is 6.20 Å². The van der Waals surface area contributed by atoms with Crippen molar-refractivity contribution in [3.63, 3.8) is 0 Å². The summed E-state index contributed by atoms with van der Waals surface area (Å²) < 4.78 is 21.1. The lowest BCUT2D eigenvalue weighted by Crippen LogP contribution is -2.41. The van der Waals surface area contributed by atoms with Crippen LogP contribution in [0.3, 0.4) is 0 Å². The van der Waals surface area contributed by atoms with E-state index in [0.29, 0.717) is 37.3 Å². The van der Waals surface area contributed by atoms with Crippen LogP contribution in [0, 0.1) is 5.82 Å². The second-order valence-corrected chi connectivity index (χ2v) is 11.3. The number of benzene rings is 1. The van der Waals surface area contributed by atoms with Crippen LogP contribution in [0.5, 0.6) is 6.01 Å². The molecule has 7 rings (SSSR count). The first kappa shape index (κ1) is 25.1. The van der Waals surface area contributed by atoms with Crippen molar-refractivity contribution in [3.8, 4) is 6.01 Å². The molecule has 0 aliphatic carbocycles. The van der Waals surface area contributed by atoms with E-state index in [1.165, 1.54) is 12.6 Å². The Bertz CT molecular complexity index is 1560. The third-order valence-corrected chi connectivity index (χ3v) is 8.81. The largest absolute Gasteiger partial charge is 0.462 e. The van der Waals surface area contributed by atoms with Crippen LogP contribution in [0.1, 0.15) is 42.1 Å². The van der Waals surface area contributed by atoms with Crippen molar-refractivity contribution in [1.29, 1.82) is 0 Å². The maximum Gasteiger partial charge on any atom is 0.318 e. The Hall–Kier alpha value is -3.85. The van der Waals surface area contributed by atoms with Crippen LogP contribution >= 0.6 is 0 Å². The quantitative estimate of drug-likeness (QED) is 0.366. The highest BCUT2D eigenvalue weighted by Crippen LogP contribution is 2.36. The van der Waals surface area contributed by atoms with Crippen LogP contribution < -0.4 is 14.5 Å². The zero-order chi connectivity index (χ0) is 27.2. The Labute approximate surface area is 233 Å². The van der Waals surface area contributed by atoms with Crippen LogP contribution in [0.4, 0.5) is 15.9 Å². The van der Waals surface area contributed by atoms with E-state index in [2.05, 4.69) is 56.8 Å². The molecule has 206 valence electrons. The van der Waals surface area contributed by atoms with E-state index in [0.717, 1.165) is 71.6 Å². The summed E-state index contributed by atoms with van der Waals surface area (Å²) in [6.07, 6.45) is 8.79. The summed E-state index contributed by atoms with van der Waals surface area (Å²) in [5.74, 6) is 0.613. The van der Waals surface area contributed by atoms with Crippen LogP contribution in [0.15, 0.2) is 48.9 Å². The van der Waals surface area contributed by atoms with Crippen molar-refractivity contribution in [2.24, 2.45) is 0 Å². The summed E-state index contributed by atoms with van der Waals surface area (Å²) in [6, 6.07) is 11.3. The molecular formula is C31H34FN7O. The van der Waals surface area contributed by atoms with Gasteiger partial charge in [0.2, 0.25) is 0 Å². The van der Waals surface area contributed by atoms with Crippen molar-refractivity contribution in [1.82, 2.24) is 24.8 Å². The predicted octanol–water partition coefficient (Wildman–Crippen LogP) is 4.55. The predicted molar refractivity (Wildman–Crippen MR) is 153 cm³/mol. The van der Waals surface area contributed by atoms with Crippen molar-refractivity contribution >= 4 is 22.4 Å². The minimum atomic E-state index is -0.256. The maximum atomic E-state index is 14.8. The lowest BCUT2D eigenvalue weighted by atomic mass is 9.95. The van der Waals surface area contributed by atoms with E-state index in [1.807, 2.05) is 18.3 Å². The molecular weight excluding hydrogens is 505 g/mol. The number of pyridine rings is 2. The van der Waals surface area contributed by atoms with Gasteiger partial charge in [-0.3, -0.25) is 9.97 Å². The molecule has 0 amide bonds. The number of likely N-dealkylation sites (tertiary alicyclic amines) is 1. The summed E-state index contributed by atoms with van der Waals surface area (Å²) in [5, 5.41) is 1.13. The number of para-hydroxylation sites is 1. The van der Waals surface area contributed by atoms with Gasteiger partial charge >= 0.3 is 6.01 Å². The molecule has 0 radical (unpaired) electrons. The van der Waals surface area contributed by atoms with Gasteiger partial charge in [-0.15, -0.1) is 0 Å². The number of ether oxygens (including phenoxy) is 1. The molecule has 1 saturated heterocycles. The van der Waals surface area contributed by atoms with Gasteiger partial charge in [-0.25, -0.2) is 4.39 Å². The summed E-state index contributed by atoms with van der Waals surface area (Å²) in [6.45, 7) is 5.76. The summed E-state index contributed by atoms with van der Waals surface area (Å²) in [4.78, 5) is 25.6.